The second-order valence-electron chi connectivity index (χ2n) is 3.21. The maximum absolute atomic E-state index is 12.1. The fourth-order valence-electron chi connectivity index (χ4n) is 1.13. The summed E-state index contributed by atoms with van der Waals surface area (Å²) in [5, 5.41) is 0. The van der Waals surface area contributed by atoms with E-state index in [0.29, 0.717) is 5.75 Å². The van der Waals surface area contributed by atoms with Gasteiger partial charge in [-0.15, -0.1) is 3.89 Å². The van der Waals surface area contributed by atoms with Crippen LogP contribution < -0.4 is 4.74 Å². The van der Waals surface area contributed by atoms with Gasteiger partial charge >= 0.3 is 10.2 Å². The Morgan fingerprint density at radius 3 is 2.60 bits per heavy atom. The Morgan fingerprint density at radius 2 is 2.00 bits per heavy atom. The molecule has 3 nitrogen and oxygen atoms in total. The molecule has 0 saturated carbocycles. The summed E-state index contributed by atoms with van der Waals surface area (Å²) in [4.78, 5) is 0. The molecule has 5 heteroatoms. The van der Waals surface area contributed by atoms with Crippen LogP contribution >= 0.6 is 0 Å². The zero-order chi connectivity index (χ0) is 11.3. The molecule has 0 N–H and O–H groups in total. The normalized spacial score (nSPS) is 11.3. The van der Waals surface area contributed by atoms with Gasteiger partial charge in [0, 0.05) is 0 Å². The van der Waals surface area contributed by atoms with E-state index >= 15 is 0 Å². The average molecular weight is 232 g/mol. The van der Waals surface area contributed by atoms with E-state index in [9.17, 15) is 12.3 Å². The predicted molar refractivity (Wildman–Crippen MR) is 56.2 cm³/mol. The van der Waals surface area contributed by atoms with Crippen LogP contribution in [0.3, 0.4) is 0 Å². The van der Waals surface area contributed by atoms with Gasteiger partial charge in [0.05, 0.1) is 12.4 Å². The van der Waals surface area contributed by atoms with E-state index < -0.39 is 16.0 Å². The predicted octanol–water partition coefficient (Wildman–Crippen LogP) is 2.06. The third kappa shape index (κ3) is 4.78. The molecule has 0 aliphatic rings. The van der Waals surface area contributed by atoms with Gasteiger partial charge in [-0.25, -0.2) is 0 Å². The van der Waals surface area contributed by atoms with Crippen LogP contribution in [-0.2, 0) is 10.2 Å². The standard InChI is InChI=1S/C10H13FO3S/c1-9-5-2-3-6-10(9)14-7-4-8-15(11,12)13/h2-3,5-6H,4,7-8H2,1H3. The van der Waals surface area contributed by atoms with E-state index in [1.54, 1.807) is 6.07 Å². The molecule has 0 aliphatic carbocycles. The summed E-state index contributed by atoms with van der Waals surface area (Å²) < 4.78 is 37.8. The van der Waals surface area contributed by atoms with Gasteiger partial charge in [-0.3, -0.25) is 0 Å². The van der Waals surface area contributed by atoms with Crippen molar-refractivity contribution in [2.24, 2.45) is 0 Å². The zero-order valence-corrected chi connectivity index (χ0v) is 9.26. The Hall–Kier alpha value is -1.10. The van der Waals surface area contributed by atoms with Gasteiger partial charge in [-0.1, -0.05) is 18.2 Å². The van der Waals surface area contributed by atoms with E-state index in [1.807, 2.05) is 25.1 Å². The molecule has 15 heavy (non-hydrogen) atoms. The van der Waals surface area contributed by atoms with Crippen molar-refractivity contribution in [1.82, 2.24) is 0 Å². The second kappa shape index (κ2) is 5.11. The third-order valence-corrected chi connectivity index (χ3v) is 2.66. The SMILES string of the molecule is Cc1ccccc1OCCCS(=O)(=O)F. The molecule has 84 valence electrons. The number of ether oxygens (including phenoxy) is 1. The Labute approximate surface area is 89.1 Å². The highest BCUT2D eigenvalue weighted by Gasteiger charge is 2.06. The second-order valence-corrected chi connectivity index (χ2v) is 4.70. The molecule has 1 aromatic rings. The van der Waals surface area contributed by atoms with Gasteiger partial charge in [-0.2, -0.15) is 8.42 Å². The lowest BCUT2D eigenvalue weighted by atomic mass is 10.2. The van der Waals surface area contributed by atoms with Crippen molar-refractivity contribution in [2.45, 2.75) is 13.3 Å². The highest BCUT2D eigenvalue weighted by molar-refractivity contribution is 7.86. The molecular formula is C10H13FO3S. The van der Waals surface area contributed by atoms with Gasteiger partial charge in [0.2, 0.25) is 0 Å². The first-order chi connectivity index (χ1) is 6.99. The topological polar surface area (TPSA) is 43.4 Å². The Kier molecular flexibility index (Phi) is 4.08. The van der Waals surface area contributed by atoms with Crippen molar-refractivity contribution in [3.63, 3.8) is 0 Å². The number of para-hydroxylation sites is 1. The molecule has 1 aromatic carbocycles. The molecular weight excluding hydrogens is 219 g/mol. The smallest absolute Gasteiger partial charge is 0.302 e. The van der Waals surface area contributed by atoms with Crippen molar-refractivity contribution < 1.29 is 17.0 Å². The quantitative estimate of drug-likeness (QED) is 0.576. The van der Waals surface area contributed by atoms with Crippen LogP contribution in [0.5, 0.6) is 5.75 Å². The number of benzene rings is 1. The lowest BCUT2D eigenvalue weighted by Crippen LogP contribution is -2.05. The summed E-state index contributed by atoms with van der Waals surface area (Å²) in [7, 11) is -4.37. The molecule has 0 aliphatic heterocycles. The van der Waals surface area contributed by atoms with Gasteiger partial charge in [0.25, 0.3) is 0 Å². The molecule has 0 unspecified atom stereocenters. The fraction of sp³-hybridized carbons (Fsp3) is 0.400. The van der Waals surface area contributed by atoms with Crippen molar-refractivity contribution in [3.05, 3.63) is 29.8 Å². The van der Waals surface area contributed by atoms with Crippen LogP contribution in [-0.4, -0.2) is 20.8 Å². The number of hydrogen-bond acceptors (Lipinski definition) is 3. The Balaban J connectivity index is 2.36. The van der Waals surface area contributed by atoms with Crippen molar-refractivity contribution in [3.8, 4) is 5.75 Å². The summed E-state index contributed by atoms with van der Waals surface area (Å²) in [5.41, 5.74) is 0.973. The first-order valence-corrected chi connectivity index (χ1v) is 6.15. The lowest BCUT2D eigenvalue weighted by molar-refractivity contribution is 0.315. The molecule has 0 spiro atoms. The molecule has 0 aromatic heterocycles. The van der Waals surface area contributed by atoms with E-state index in [2.05, 4.69) is 0 Å². The van der Waals surface area contributed by atoms with Crippen LogP contribution in [0.1, 0.15) is 12.0 Å². The van der Waals surface area contributed by atoms with Gasteiger partial charge in [0.1, 0.15) is 5.75 Å². The van der Waals surface area contributed by atoms with Crippen LogP contribution in [0.25, 0.3) is 0 Å². The fourth-order valence-corrected chi connectivity index (χ4v) is 1.59. The molecule has 0 amide bonds. The average Bonchev–Trinajstić information content (AvgIpc) is 2.13. The van der Waals surface area contributed by atoms with Crippen molar-refractivity contribution in [2.75, 3.05) is 12.4 Å². The zero-order valence-electron chi connectivity index (χ0n) is 8.44. The summed E-state index contributed by atoms with van der Waals surface area (Å²) in [6.45, 7) is 2.09. The molecule has 0 fully saturated rings. The highest BCUT2D eigenvalue weighted by atomic mass is 32.3. The number of aryl methyl sites for hydroxylation is 1. The minimum absolute atomic E-state index is 0.160. The van der Waals surface area contributed by atoms with Gasteiger partial charge < -0.3 is 4.74 Å². The molecule has 0 heterocycles. The minimum Gasteiger partial charge on any atom is -0.493 e. The molecule has 0 atom stereocenters. The first-order valence-electron chi connectivity index (χ1n) is 4.60. The molecule has 0 radical (unpaired) electrons. The third-order valence-electron chi connectivity index (χ3n) is 1.88. The largest absolute Gasteiger partial charge is 0.493 e. The van der Waals surface area contributed by atoms with Crippen LogP contribution in [0, 0.1) is 6.92 Å². The molecule has 1 rings (SSSR count). The molecule has 0 saturated heterocycles. The van der Waals surface area contributed by atoms with Crippen molar-refractivity contribution in [1.29, 1.82) is 0 Å². The van der Waals surface area contributed by atoms with Crippen LogP contribution in [0.15, 0.2) is 24.3 Å². The number of halogens is 1. The number of hydrogen-bond donors (Lipinski definition) is 0. The Morgan fingerprint density at radius 1 is 1.33 bits per heavy atom. The summed E-state index contributed by atoms with van der Waals surface area (Å²) >= 11 is 0. The van der Waals surface area contributed by atoms with E-state index in [4.69, 9.17) is 4.74 Å². The van der Waals surface area contributed by atoms with E-state index in [-0.39, 0.29) is 13.0 Å². The van der Waals surface area contributed by atoms with E-state index in [0.717, 1.165) is 5.56 Å². The lowest BCUT2D eigenvalue weighted by Gasteiger charge is -2.07. The highest BCUT2D eigenvalue weighted by Crippen LogP contribution is 2.16. The number of rotatable bonds is 5. The minimum atomic E-state index is -4.37. The maximum atomic E-state index is 12.1. The summed E-state index contributed by atoms with van der Waals surface area (Å²) in [6, 6.07) is 7.39. The van der Waals surface area contributed by atoms with Gasteiger partial charge in [0.15, 0.2) is 0 Å². The van der Waals surface area contributed by atoms with Crippen molar-refractivity contribution >= 4 is 10.2 Å². The van der Waals surface area contributed by atoms with Crippen LogP contribution in [0.4, 0.5) is 3.89 Å². The maximum Gasteiger partial charge on any atom is 0.302 e. The van der Waals surface area contributed by atoms with Gasteiger partial charge in [-0.05, 0) is 25.0 Å². The first kappa shape index (κ1) is 12.0. The monoisotopic (exact) mass is 232 g/mol. The van der Waals surface area contributed by atoms with E-state index in [1.165, 1.54) is 0 Å². The molecule has 0 bridgehead atoms. The Bertz CT molecular complexity index is 414. The van der Waals surface area contributed by atoms with Crippen LogP contribution in [0.2, 0.25) is 0 Å². The summed E-state index contributed by atoms with van der Waals surface area (Å²) in [6.07, 6.45) is 0.160. The summed E-state index contributed by atoms with van der Waals surface area (Å²) in [5.74, 6) is 0.215.